The lowest BCUT2D eigenvalue weighted by Gasteiger charge is -2.24. The van der Waals surface area contributed by atoms with Gasteiger partial charge in [0, 0.05) is 41.5 Å². The highest BCUT2D eigenvalue weighted by Crippen LogP contribution is 2.28. The molecule has 0 saturated carbocycles. The Morgan fingerprint density at radius 2 is 2.03 bits per heavy atom. The van der Waals surface area contributed by atoms with Crippen molar-refractivity contribution in [3.8, 4) is 0 Å². The van der Waals surface area contributed by atoms with Crippen LogP contribution in [0.15, 0.2) is 48.0 Å². The number of pyridine rings is 1. The van der Waals surface area contributed by atoms with Gasteiger partial charge in [0.1, 0.15) is 11.9 Å². The molecule has 1 aliphatic rings. The molecule has 0 radical (unpaired) electrons. The van der Waals surface area contributed by atoms with E-state index in [4.69, 9.17) is 5.73 Å². The van der Waals surface area contributed by atoms with Crippen LogP contribution in [-0.2, 0) is 22.7 Å². The van der Waals surface area contributed by atoms with Gasteiger partial charge in [-0.1, -0.05) is 30.3 Å². The van der Waals surface area contributed by atoms with Gasteiger partial charge >= 0.3 is 0 Å². The van der Waals surface area contributed by atoms with Crippen molar-refractivity contribution in [3.63, 3.8) is 0 Å². The third-order valence-corrected chi connectivity index (χ3v) is 6.36. The molecule has 0 spiro atoms. The molecule has 2 amide bonds. The van der Waals surface area contributed by atoms with Crippen LogP contribution < -0.4 is 16.4 Å². The standard InChI is InChI=1S/C22H25N5O2S/c23-21-17-8-10-30-20(17)16(12-25-21)13-26-22(29)18-7-4-9-27(18)19(28)14-24-11-15-5-2-1-3-6-15/h1-3,5-6,8,10,12,18,24H,4,7,9,11,13-14H2,(H2,23,25)(H,26,29)/t18-/m0/s1. The van der Waals surface area contributed by atoms with E-state index in [1.165, 1.54) is 0 Å². The number of benzene rings is 1. The molecule has 4 rings (SSSR count). The largest absolute Gasteiger partial charge is 0.383 e. The summed E-state index contributed by atoms with van der Waals surface area (Å²) in [6.45, 7) is 1.82. The average molecular weight is 424 g/mol. The number of likely N-dealkylation sites (tertiary alicyclic amines) is 1. The van der Waals surface area contributed by atoms with Gasteiger partial charge in [0.15, 0.2) is 0 Å². The first-order valence-electron chi connectivity index (χ1n) is 10.1. The summed E-state index contributed by atoms with van der Waals surface area (Å²) in [5.41, 5.74) is 7.97. The number of nitrogens with two attached hydrogens (primary N) is 1. The van der Waals surface area contributed by atoms with Gasteiger partial charge in [-0.3, -0.25) is 9.59 Å². The molecule has 1 fully saturated rings. The number of fused-ring (bicyclic) bond motifs is 1. The Labute approximate surface area is 179 Å². The second kappa shape index (κ2) is 9.23. The molecule has 30 heavy (non-hydrogen) atoms. The molecule has 0 bridgehead atoms. The molecule has 1 aliphatic heterocycles. The van der Waals surface area contributed by atoms with E-state index in [0.29, 0.717) is 31.9 Å². The fourth-order valence-electron chi connectivity index (χ4n) is 3.81. The summed E-state index contributed by atoms with van der Waals surface area (Å²) < 4.78 is 1.03. The van der Waals surface area contributed by atoms with Crippen molar-refractivity contribution in [1.29, 1.82) is 0 Å². The molecule has 3 aromatic rings. The van der Waals surface area contributed by atoms with E-state index in [-0.39, 0.29) is 18.4 Å². The van der Waals surface area contributed by atoms with Crippen LogP contribution in [0.4, 0.5) is 5.82 Å². The fourth-order valence-corrected chi connectivity index (χ4v) is 4.73. The highest BCUT2D eigenvalue weighted by Gasteiger charge is 2.33. The second-order valence-corrected chi connectivity index (χ2v) is 8.30. The van der Waals surface area contributed by atoms with Gasteiger partial charge in [0.05, 0.1) is 6.54 Å². The Balaban J connectivity index is 1.32. The number of amides is 2. The molecule has 1 saturated heterocycles. The molecule has 1 atom stereocenters. The number of hydrogen-bond acceptors (Lipinski definition) is 6. The molecule has 8 heteroatoms. The Bertz CT molecular complexity index is 1040. The van der Waals surface area contributed by atoms with Crippen LogP contribution >= 0.6 is 11.3 Å². The SMILES string of the molecule is Nc1ncc(CNC(=O)[C@@H]2CCCN2C(=O)CNCc2ccccc2)c2sccc12. The Morgan fingerprint density at radius 1 is 1.20 bits per heavy atom. The maximum absolute atomic E-state index is 12.8. The monoisotopic (exact) mass is 423 g/mol. The minimum atomic E-state index is -0.420. The highest BCUT2D eigenvalue weighted by molar-refractivity contribution is 7.17. The summed E-state index contributed by atoms with van der Waals surface area (Å²) >= 11 is 1.58. The van der Waals surface area contributed by atoms with Crippen molar-refractivity contribution in [1.82, 2.24) is 20.5 Å². The summed E-state index contributed by atoms with van der Waals surface area (Å²) in [5, 5.41) is 9.04. The molecule has 3 heterocycles. The molecule has 7 nitrogen and oxygen atoms in total. The number of nitrogens with zero attached hydrogens (tertiary/aromatic N) is 2. The highest BCUT2D eigenvalue weighted by atomic mass is 32.1. The second-order valence-electron chi connectivity index (χ2n) is 7.38. The number of nitrogens with one attached hydrogen (secondary N) is 2. The van der Waals surface area contributed by atoms with Crippen molar-refractivity contribution in [2.24, 2.45) is 0 Å². The first-order chi connectivity index (χ1) is 14.6. The lowest BCUT2D eigenvalue weighted by Crippen LogP contribution is -2.48. The van der Waals surface area contributed by atoms with Crippen molar-refractivity contribution in [2.75, 3.05) is 18.8 Å². The Morgan fingerprint density at radius 3 is 2.87 bits per heavy atom. The van der Waals surface area contributed by atoms with E-state index in [9.17, 15) is 9.59 Å². The lowest BCUT2D eigenvalue weighted by atomic mass is 10.2. The molecular formula is C22H25N5O2S. The normalized spacial score (nSPS) is 16.1. The fraction of sp³-hybridized carbons (Fsp3) is 0.318. The third-order valence-electron chi connectivity index (χ3n) is 5.37. The van der Waals surface area contributed by atoms with E-state index >= 15 is 0 Å². The zero-order valence-corrected chi connectivity index (χ0v) is 17.5. The number of carbonyl (C=O) groups excluding carboxylic acids is 2. The molecular weight excluding hydrogens is 398 g/mol. The van der Waals surface area contributed by atoms with E-state index in [1.54, 1.807) is 22.4 Å². The van der Waals surface area contributed by atoms with Crippen LogP contribution in [0, 0.1) is 0 Å². The van der Waals surface area contributed by atoms with Gasteiger partial charge in [-0.2, -0.15) is 0 Å². The Kier molecular flexibility index (Phi) is 6.25. The number of rotatable bonds is 7. The smallest absolute Gasteiger partial charge is 0.243 e. The summed E-state index contributed by atoms with van der Waals surface area (Å²) in [5.74, 6) is 0.334. The predicted octanol–water partition coefficient (Wildman–Crippen LogP) is 2.28. The molecule has 1 aromatic carbocycles. The van der Waals surface area contributed by atoms with Crippen molar-refractivity contribution >= 4 is 39.1 Å². The van der Waals surface area contributed by atoms with E-state index in [1.807, 2.05) is 41.8 Å². The number of carbonyl (C=O) groups is 2. The zero-order chi connectivity index (χ0) is 20.9. The maximum atomic E-state index is 12.8. The van der Waals surface area contributed by atoms with E-state index in [0.717, 1.165) is 27.6 Å². The van der Waals surface area contributed by atoms with Crippen LogP contribution in [0.1, 0.15) is 24.0 Å². The van der Waals surface area contributed by atoms with E-state index in [2.05, 4.69) is 15.6 Å². The number of aromatic nitrogens is 1. The van der Waals surface area contributed by atoms with Gasteiger partial charge in [-0.25, -0.2) is 4.98 Å². The third kappa shape index (κ3) is 4.44. The summed E-state index contributed by atoms with van der Waals surface area (Å²) in [6.07, 6.45) is 3.23. The summed E-state index contributed by atoms with van der Waals surface area (Å²) in [4.78, 5) is 31.4. The Hall–Kier alpha value is -2.97. The summed E-state index contributed by atoms with van der Waals surface area (Å²) in [6, 6.07) is 11.5. The molecule has 2 aromatic heterocycles. The van der Waals surface area contributed by atoms with Crippen LogP contribution in [0.3, 0.4) is 0 Å². The quantitative estimate of drug-likeness (QED) is 0.541. The van der Waals surface area contributed by atoms with Crippen LogP contribution in [-0.4, -0.2) is 40.8 Å². The summed E-state index contributed by atoms with van der Waals surface area (Å²) in [7, 11) is 0. The van der Waals surface area contributed by atoms with Crippen LogP contribution in [0.2, 0.25) is 0 Å². The average Bonchev–Trinajstić information content (AvgIpc) is 3.44. The number of hydrogen-bond donors (Lipinski definition) is 3. The van der Waals surface area contributed by atoms with Crippen LogP contribution in [0.5, 0.6) is 0 Å². The van der Waals surface area contributed by atoms with Crippen molar-refractivity contribution in [3.05, 3.63) is 59.1 Å². The van der Waals surface area contributed by atoms with Gasteiger partial charge in [-0.05, 0) is 29.9 Å². The number of thiophene rings is 1. The first kappa shape index (κ1) is 20.3. The van der Waals surface area contributed by atoms with Crippen molar-refractivity contribution < 1.29 is 9.59 Å². The minimum absolute atomic E-state index is 0.0432. The number of nitrogen functional groups attached to an aromatic ring is 1. The number of anilines is 1. The van der Waals surface area contributed by atoms with Gasteiger partial charge in [0.2, 0.25) is 11.8 Å². The molecule has 0 unspecified atom stereocenters. The molecule has 0 aliphatic carbocycles. The molecule has 156 valence electrons. The van der Waals surface area contributed by atoms with Gasteiger partial charge < -0.3 is 21.3 Å². The van der Waals surface area contributed by atoms with Gasteiger partial charge in [0.25, 0.3) is 0 Å². The lowest BCUT2D eigenvalue weighted by molar-refractivity contribution is -0.137. The predicted molar refractivity (Wildman–Crippen MR) is 119 cm³/mol. The van der Waals surface area contributed by atoms with Gasteiger partial charge in [-0.15, -0.1) is 11.3 Å². The van der Waals surface area contributed by atoms with E-state index < -0.39 is 6.04 Å². The van der Waals surface area contributed by atoms with Crippen LogP contribution in [0.25, 0.3) is 10.1 Å². The molecule has 4 N–H and O–H groups in total. The maximum Gasteiger partial charge on any atom is 0.243 e. The zero-order valence-electron chi connectivity index (χ0n) is 16.6. The first-order valence-corrected chi connectivity index (χ1v) is 10.9. The topological polar surface area (TPSA) is 100 Å². The van der Waals surface area contributed by atoms with Crippen molar-refractivity contribution in [2.45, 2.75) is 32.0 Å². The minimum Gasteiger partial charge on any atom is -0.383 e.